The fourth-order valence-electron chi connectivity index (χ4n) is 2.51. The van der Waals surface area contributed by atoms with Crippen LogP contribution in [0.5, 0.6) is 0 Å². The largest absolute Gasteiger partial charge is 0.428 e. The molecule has 0 saturated heterocycles. The van der Waals surface area contributed by atoms with Crippen LogP contribution in [0.3, 0.4) is 0 Å². The van der Waals surface area contributed by atoms with E-state index in [1.807, 2.05) is 18.2 Å². The summed E-state index contributed by atoms with van der Waals surface area (Å²) >= 11 is 0. The molecule has 0 spiro atoms. The maximum Gasteiger partial charge on any atom is 0.216 e. The monoisotopic (exact) mass is 299 g/mol. The molecule has 0 bridgehead atoms. The summed E-state index contributed by atoms with van der Waals surface area (Å²) < 4.78 is 0. The Balaban J connectivity index is 1.87. The normalized spacial score (nSPS) is 14.2. The van der Waals surface area contributed by atoms with Crippen LogP contribution >= 0.6 is 0 Å². The Morgan fingerprint density at radius 3 is 2.10 bits per heavy atom. The van der Waals surface area contributed by atoms with Gasteiger partial charge >= 0.3 is 0 Å². The number of benzene rings is 2. The molecule has 2 aromatic rings. The predicted octanol–water partition coefficient (Wildman–Crippen LogP) is 2.88. The predicted molar refractivity (Wildman–Crippen MR) is 91.8 cm³/mol. The Morgan fingerprint density at radius 1 is 0.950 bits per heavy atom. The molecular formula is C17H23OSi2. The topological polar surface area (TPSA) is 20.2 Å². The lowest BCUT2D eigenvalue weighted by molar-refractivity contribution is 0.554. The first-order valence-corrected chi connectivity index (χ1v) is 12.1. The van der Waals surface area contributed by atoms with Crippen molar-refractivity contribution < 1.29 is 4.80 Å². The maximum absolute atomic E-state index is 10.7. The molecule has 0 aliphatic rings. The van der Waals surface area contributed by atoms with Crippen LogP contribution in [0, 0.1) is 0 Å². The highest BCUT2D eigenvalue weighted by atomic mass is 28.4. The van der Waals surface area contributed by atoms with Crippen molar-refractivity contribution in [1.82, 2.24) is 0 Å². The summed E-state index contributed by atoms with van der Waals surface area (Å²) in [6.45, 7) is 4.44. The van der Waals surface area contributed by atoms with E-state index in [2.05, 4.69) is 55.6 Å². The van der Waals surface area contributed by atoms with Crippen molar-refractivity contribution in [2.45, 2.75) is 31.6 Å². The van der Waals surface area contributed by atoms with Gasteiger partial charge in [-0.1, -0.05) is 84.9 Å². The minimum absolute atomic E-state index is 0.460. The van der Waals surface area contributed by atoms with Gasteiger partial charge in [0.2, 0.25) is 8.32 Å². The third kappa shape index (κ3) is 4.16. The van der Waals surface area contributed by atoms with Gasteiger partial charge in [0.15, 0.2) is 0 Å². The molecule has 1 atom stereocenters. The Labute approximate surface area is 125 Å². The van der Waals surface area contributed by atoms with Crippen LogP contribution in [-0.2, 0) is 0 Å². The van der Waals surface area contributed by atoms with E-state index in [9.17, 15) is 4.80 Å². The highest BCUT2D eigenvalue weighted by Gasteiger charge is 2.26. The minimum atomic E-state index is -2.23. The van der Waals surface area contributed by atoms with Crippen LogP contribution in [-0.4, -0.2) is 21.9 Å². The van der Waals surface area contributed by atoms with E-state index in [1.54, 1.807) is 0 Å². The van der Waals surface area contributed by atoms with E-state index in [1.165, 1.54) is 11.2 Å². The molecule has 1 radical (unpaired) electrons. The average molecular weight is 300 g/mol. The molecule has 0 saturated carbocycles. The average Bonchev–Trinajstić information content (AvgIpc) is 2.49. The summed E-state index contributed by atoms with van der Waals surface area (Å²) in [6, 6.07) is 23.2. The Hall–Kier alpha value is -1.17. The van der Waals surface area contributed by atoms with E-state index >= 15 is 0 Å². The zero-order valence-corrected chi connectivity index (χ0v) is 14.3. The second-order valence-corrected chi connectivity index (χ2v) is 11.9. The summed E-state index contributed by atoms with van der Waals surface area (Å²) in [7, 11) is -2.69. The minimum Gasteiger partial charge on any atom is -0.428 e. The van der Waals surface area contributed by atoms with Crippen LogP contribution in [0.2, 0.25) is 25.2 Å². The quantitative estimate of drug-likeness (QED) is 0.813. The summed E-state index contributed by atoms with van der Waals surface area (Å²) in [6.07, 6.45) is 1.13. The van der Waals surface area contributed by atoms with Crippen LogP contribution in [0.1, 0.15) is 6.42 Å². The number of hydrogen-bond acceptors (Lipinski definition) is 1. The van der Waals surface area contributed by atoms with E-state index in [0.29, 0.717) is 0 Å². The van der Waals surface area contributed by atoms with Crippen molar-refractivity contribution in [2.24, 2.45) is 0 Å². The van der Waals surface area contributed by atoms with Crippen molar-refractivity contribution in [3.63, 3.8) is 0 Å². The molecular weight excluding hydrogens is 276 g/mol. The molecule has 0 fully saturated rings. The molecule has 105 valence electrons. The van der Waals surface area contributed by atoms with Gasteiger partial charge in [-0.2, -0.15) is 0 Å². The highest BCUT2D eigenvalue weighted by molar-refractivity contribution is 6.84. The molecule has 0 aliphatic heterocycles. The van der Waals surface area contributed by atoms with Crippen molar-refractivity contribution in [2.75, 3.05) is 0 Å². The first kappa shape index (κ1) is 15.2. The lowest BCUT2D eigenvalue weighted by Crippen LogP contribution is -2.44. The molecule has 1 nitrogen and oxygen atoms in total. The molecule has 0 aliphatic carbocycles. The van der Waals surface area contributed by atoms with Crippen LogP contribution in [0.15, 0.2) is 60.7 Å². The molecule has 2 aromatic carbocycles. The zero-order valence-electron chi connectivity index (χ0n) is 12.3. The Bertz CT molecular complexity index is 511. The fourth-order valence-corrected chi connectivity index (χ4v) is 6.68. The molecule has 20 heavy (non-hydrogen) atoms. The summed E-state index contributed by atoms with van der Waals surface area (Å²) in [5, 5.41) is 2.66. The second kappa shape index (κ2) is 7.02. The summed E-state index contributed by atoms with van der Waals surface area (Å²) in [5.74, 6) is 0. The molecule has 0 aromatic heterocycles. The van der Waals surface area contributed by atoms with Crippen LogP contribution < -0.4 is 10.4 Å². The molecule has 0 heterocycles. The molecule has 1 N–H and O–H groups in total. The van der Waals surface area contributed by atoms with Gasteiger partial charge in [0.05, 0.1) is 8.80 Å². The van der Waals surface area contributed by atoms with Gasteiger partial charge in [-0.3, -0.25) is 0 Å². The van der Waals surface area contributed by atoms with Crippen molar-refractivity contribution in [3.05, 3.63) is 60.7 Å². The molecule has 2 rings (SSSR count). The first-order valence-electron chi connectivity index (χ1n) is 7.25. The summed E-state index contributed by atoms with van der Waals surface area (Å²) in [4.78, 5) is 10.7. The summed E-state index contributed by atoms with van der Waals surface area (Å²) in [5.41, 5.74) is 0. The SMILES string of the molecule is C[Si](CCC[Si](C)(O)c1ccccc1)c1ccccc1. The van der Waals surface area contributed by atoms with Crippen molar-refractivity contribution in [1.29, 1.82) is 0 Å². The lowest BCUT2D eigenvalue weighted by Gasteiger charge is -2.21. The van der Waals surface area contributed by atoms with Gasteiger partial charge in [-0.05, 0) is 17.8 Å². The van der Waals surface area contributed by atoms with E-state index in [0.717, 1.165) is 17.7 Å². The maximum atomic E-state index is 10.7. The molecule has 3 heteroatoms. The fraction of sp³-hybridized carbons (Fsp3) is 0.294. The van der Waals surface area contributed by atoms with Crippen LogP contribution in [0.25, 0.3) is 0 Å². The van der Waals surface area contributed by atoms with Gasteiger partial charge < -0.3 is 4.80 Å². The number of hydrogen-bond donors (Lipinski definition) is 1. The van der Waals surface area contributed by atoms with E-state index in [4.69, 9.17) is 0 Å². The van der Waals surface area contributed by atoms with Gasteiger partial charge in [-0.15, -0.1) is 0 Å². The molecule has 0 amide bonds. The van der Waals surface area contributed by atoms with E-state index in [-0.39, 0.29) is 0 Å². The first-order chi connectivity index (χ1) is 9.59. The standard InChI is InChI=1S/C17H23OSi2/c1-19(16-10-5-3-6-11-16)14-9-15-20(2,18)17-12-7-4-8-13-17/h3-8,10-13,18H,9,14-15H2,1-2H3. The van der Waals surface area contributed by atoms with E-state index < -0.39 is 17.1 Å². The smallest absolute Gasteiger partial charge is 0.216 e. The lowest BCUT2D eigenvalue weighted by atomic mass is 10.4. The van der Waals surface area contributed by atoms with Gasteiger partial charge in [0.25, 0.3) is 0 Å². The molecule has 1 unspecified atom stereocenters. The van der Waals surface area contributed by atoms with Gasteiger partial charge in [-0.25, -0.2) is 0 Å². The number of rotatable bonds is 6. The zero-order chi connectivity index (χ0) is 14.4. The third-order valence-corrected chi connectivity index (χ3v) is 9.20. The Morgan fingerprint density at radius 2 is 1.50 bits per heavy atom. The Kier molecular flexibility index (Phi) is 5.34. The highest BCUT2D eigenvalue weighted by Crippen LogP contribution is 2.13. The van der Waals surface area contributed by atoms with Crippen LogP contribution in [0.4, 0.5) is 0 Å². The van der Waals surface area contributed by atoms with Crippen molar-refractivity contribution in [3.8, 4) is 0 Å². The second-order valence-electron chi connectivity index (χ2n) is 5.64. The van der Waals surface area contributed by atoms with Gasteiger partial charge in [0.1, 0.15) is 0 Å². The van der Waals surface area contributed by atoms with Crippen molar-refractivity contribution >= 4 is 27.5 Å². The van der Waals surface area contributed by atoms with Gasteiger partial charge in [0, 0.05) is 0 Å². The third-order valence-electron chi connectivity index (χ3n) is 3.88.